The van der Waals surface area contributed by atoms with E-state index in [1.165, 1.54) is 25.1 Å². The van der Waals surface area contributed by atoms with Crippen molar-refractivity contribution in [1.82, 2.24) is 24.6 Å². The van der Waals surface area contributed by atoms with Gasteiger partial charge in [-0.05, 0) is 74.0 Å². The third-order valence-electron chi connectivity index (χ3n) is 12.3. The number of hydrogen-bond acceptors (Lipinski definition) is 12. The fraction of sp³-hybridized carbons (Fsp3) is 0.513. The number of nitrogens with one attached hydrogen (secondary N) is 3. The first-order chi connectivity index (χ1) is 26.9. The Balaban J connectivity index is 1.00. The number of rotatable bonds is 11. The predicted molar refractivity (Wildman–Crippen MR) is 212 cm³/mol. The zero-order chi connectivity index (χ0) is 39.0. The number of anilines is 2. The van der Waals surface area contributed by atoms with E-state index in [9.17, 15) is 23.3 Å². The number of halogens is 1. The number of pyridine rings is 2. The van der Waals surface area contributed by atoms with Crippen molar-refractivity contribution in [2.24, 2.45) is 17.3 Å². The van der Waals surface area contributed by atoms with Gasteiger partial charge in [0.05, 0.1) is 41.1 Å². The zero-order valence-corrected chi connectivity index (χ0v) is 32.9. The highest BCUT2D eigenvalue weighted by Crippen LogP contribution is 2.51. The Bertz CT molecular complexity index is 2210. The van der Waals surface area contributed by atoms with Gasteiger partial charge in [0.2, 0.25) is 5.82 Å². The Labute approximate surface area is 330 Å². The van der Waals surface area contributed by atoms with Crippen LogP contribution in [0, 0.1) is 27.4 Å². The van der Waals surface area contributed by atoms with Gasteiger partial charge in [-0.15, -0.1) is 0 Å². The molecule has 1 amide bonds. The van der Waals surface area contributed by atoms with Gasteiger partial charge in [0.25, 0.3) is 15.9 Å². The maximum Gasteiger partial charge on any atom is 0.312 e. The number of ether oxygens (including phenoxy) is 2. The van der Waals surface area contributed by atoms with Crippen LogP contribution in [0.1, 0.15) is 68.6 Å². The van der Waals surface area contributed by atoms with Crippen molar-refractivity contribution in [3.63, 3.8) is 0 Å². The van der Waals surface area contributed by atoms with Gasteiger partial charge in [-0.25, -0.2) is 23.1 Å². The number of piperidine rings is 1. The molecule has 56 heavy (non-hydrogen) atoms. The number of H-pyrrole nitrogens is 1. The van der Waals surface area contributed by atoms with Gasteiger partial charge in [-0.2, -0.15) is 0 Å². The minimum atomic E-state index is -4.60. The third-order valence-corrected chi connectivity index (χ3v) is 13.9. The van der Waals surface area contributed by atoms with Gasteiger partial charge >= 0.3 is 5.69 Å². The number of aromatic amines is 1. The molecular formula is C39H47ClN8O7S. The Morgan fingerprint density at radius 2 is 1.82 bits per heavy atom. The Morgan fingerprint density at radius 3 is 2.55 bits per heavy atom. The van der Waals surface area contributed by atoms with Crippen molar-refractivity contribution in [2.75, 3.05) is 56.2 Å². The van der Waals surface area contributed by atoms with E-state index in [0.29, 0.717) is 51.6 Å². The molecule has 3 N–H and O–H groups in total. The first-order valence-electron chi connectivity index (χ1n) is 19.4. The summed E-state index contributed by atoms with van der Waals surface area (Å²) in [5.74, 6) is 0.417. The van der Waals surface area contributed by atoms with Crippen molar-refractivity contribution in [3.8, 4) is 11.5 Å². The van der Waals surface area contributed by atoms with E-state index >= 15 is 0 Å². The van der Waals surface area contributed by atoms with Crippen LogP contribution >= 0.6 is 11.6 Å². The summed E-state index contributed by atoms with van der Waals surface area (Å²) in [7, 11) is -4.60. The van der Waals surface area contributed by atoms with Crippen molar-refractivity contribution in [3.05, 3.63) is 69.6 Å². The van der Waals surface area contributed by atoms with Gasteiger partial charge in [0.15, 0.2) is 0 Å². The quantitative estimate of drug-likeness (QED) is 0.107. The average molecular weight is 807 g/mol. The number of morpholine rings is 1. The maximum absolute atomic E-state index is 13.8. The molecule has 2 aliphatic heterocycles. The molecule has 8 rings (SSSR count). The number of carbonyl (C=O) groups is 1. The number of amides is 1. The lowest BCUT2D eigenvalue weighted by molar-refractivity contribution is -0.384. The lowest BCUT2D eigenvalue weighted by Gasteiger charge is -2.56. The van der Waals surface area contributed by atoms with Gasteiger partial charge in [0.1, 0.15) is 22.0 Å². The standard InChI is InChI=1S/C39H47ClN8O7S/c1-25-2-4-26(5-3-25)21-41-37-34(48(50)51)18-30(23-43-37)56(52,53)45-38(49)31-7-6-27(16-35(31)55-29-17-32-33(40)24-44-36(32)42-22-29)46-10-8-39(9-11-46)19-28(20-39)47-12-14-54-15-13-47/h6-7,16-18,22-26,28H,2-5,8-15,19-21H2,1H3,(H,41,43)(H,42,44)(H,45,49). The molecule has 0 unspecified atom stereocenters. The molecule has 17 heteroatoms. The first kappa shape index (κ1) is 38.4. The molecule has 298 valence electrons. The number of nitro groups is 1. The Morgan fingerprint density at radius 1 is 1.07 bits per heavy atom. The summed E-state index contributed by atoms with van der Waals surface area (Å²) in [5.41, 5.74) is 1.17. The van der Waals surface area contributed by atoms with Crippen LogP contribution in [0.5, 0.6) is 11.5 Å². The highest BCUT2D eigenvalue weighted by molar-refractivity contribution is 7.90. The summed E-state index contributed by atoms with van der Waals surface area (Å²) in [5, 5.41) is 16.2. The molecule has 4 aliphatic rings. The molecule has 5 heterocycles. The van der Waals surface area contributed by atoms with Crippen LogP contribution < -0.4 is 19.7 Å². The largest absolute Gasteiger partial charge is 0.455 e. The lowest BCUT2D eigenvalue weighted by Crippen LogP contribution is -2.57. The van der Waals surface area contributed by atoms with Gasteiger partial charge in [-0.1, -0.05) is 31.4 Å². The lowest BCUT2D eigenvalue weighted by atomic mass is 9.60. The van der Waals surface area contributed by atoms with Crippen molar-refractivity contribution < 1.29 is 27.6 Å². The number of fused-ring (bicyclic) bond motifs is 1. The number of benzene rings is 1. The number of sulfonamides is 1. The number of hydrogen-bond donors (Lipinski definition) is 3. The highest BCUT2D eigenvalue weighted by atomic mass is 35.5. The van der Waals surface area contributed by atoms with E-state index < -0.39 is 31.4 Å². The molecule has 0 bridgehead atoms. The SMILES string of the molecule is CC1CCC(CNc2ncc(S(=O)(=O)NC(=O)c3ccc(N4CCC5(CC4)CC(N4CCOCC4)C5)cc3Oc3cnc4[nH]cc(Cl)c4c3)cc2[N+](=O)[O-])CC1. The predicted octanol–water partition coefficient (Wildman–Crippen LogP) is 6.75. The van der Waals surface area contributed by atoms with Crippen LogP contribution in [0.15, 0.2) is 53.8 Å². The molecular weight excluding hydrogens is 760 g/mol. The summed E-state index contributed by atoms with van der Waals surface area (Å²) in [6.45, 7) is 7.97. The van der Waals surface area contributed by atoms with E-state index in [-0.39, 0.29) is 17.1 Å². The van der Waals surface area contributed by atoms with Gasteiger partial charge in [0, 0.05) is 68.2 Å². The van der Waals surface area contributed by atoms with E-state index in [2.05, 4.69) is 41.7 Å². The van der Waals surface area contributed by atoms with Crippen LogP contribution in [0.4, 0.5) is 17.2 Å². The van der Waals surface area contributed by atoms with Crippen LogP contribution in [-0.4, -0.2) is 91.1 Å². The average Bonchev–Trinajstić information content (AvgIpc) is 3.56. The maximum atomic E-state index is 13.8. The van der Waals surface area contributed by atoms with Crippen LogP contribution in [0.3, 0.4) is 0 Å². The fourth-order valence-electron chi connectivity index (χ4n) is 8.77. The minimum Gasteiger partial charge on any atom is -0.455 e. The van der Waals surface area contributed by atoms with Crippen LogP contribution in [-0.2, 0) is 14.8 Å². The fourth-order valence-corrected chi connectivity index (χ4v) is 9.90. The van der Waals surface area contributed by atoms with Gasteiger partial charge in [-0.3, -0.25) is 19.8 Å². The van der Waals surface area contributed by atoms with E-state index in [1.807, 2.05) is 0 Å². The number of nitrogens with zero attached hydrogens (tertiary/aromatic N) is 5. The molecule has 15 nitrogen and oxygen atoms in total. The Kier molecular flexibility index (Phi) is 10.8. The summed E-state index contributed by atoms with van der Waals surface area (Å²) in [4.78, 5) is 41.0. The molecule has 2 saturated carbocycles. The number of aromatic nitrogens is 3. The summed E-state index contributed by atoms with van der Waals surface area (Å²) in [6.07, 6.45) is 12.8. The van der Waals surface area contributed by atoms with Crippen LogP contribution in [0.2, 0.25) is 5.02 Å². The first-order valence-corrected chi connectivity index (χ1v) is 21.3. The molecule has 0 atom stereocenters. The second kappa shape index (κ2) is 15.8. The summed E-state index contributed by atoms with van der Waals surface area (Å²) in [6, 6.07) is 8.28. The molecule has 1 spiro atoms. The smallest absolute Gasteiger partial charge is 0.312 e. The third kappa shape index (κ3) is 8.15. The molecule has 4 fully saturated rings. The van der Waals surface area contributed by atoms with Crippen molar-refractivity contribution in [1.29, 1.82) is 0 Å². The molecule has 3 aromatic heterocycles. The molecule has 1 aromatic carbocycles. The molecule has 0 radical (unpaired) electrons. The minimum absolute atomic E-state index is 0.0175. The van der Waals surface area contributed by atoms with Crippen molar-refractivity contribution >= 4 is 55.8 Å². The highest BCUT2D eigenvalue weighted by Gasteiger charge is 2.48. The molecule has 2 aliphatic carbocycles. The normalized spacial score (nSPS) is 21.8. The zero-order valence-electron chi connectivity index (χ0n) is 31.3. The Hall–Kier alpha value is -4.51. The summed E-state index contributed by atoms with van der Waals surface area (Å²) < 4.78 is 41.1. The number of carbonyl (C=O) groups excluding carboxylic acids is 1. The monoisotopic (exact) mass is 806 g/mol. The van der Waals surface area contributed by atoms with Crippen LogP contribution in [0.25, 0.3) is 11.0 Å². The molecule has 4 aromatic rings. The van der Waals surface area contributed by atoms with Crippen molar-refractivity contribution in [2.45, 2.75) is 69.2 Å². The van der Waals surface area contributed by atoms with E-state index in [4.69, 9.17) is 21.1 Å². The van der Waals surface area contributed by atoms with E-state index in [1.54, 1.807) is 24.4 Å². The summed E-state index contributed by atoms with van der Waals surface area (Å²) >= 11 is 6.35. The second-order valence-corrected chi connectivity index (χ2v) is 18.0. The molecule has 2 saturated heterocycles. The van der Waals surface area contributed by atoms with E-state index in [0.717, 1.165) is 95.9 Å². The van der Waals surface area contributed by atoms with Gasteiger partial charge < -0.3 is 24.7 Å². The second-order valence-electron chi connectivity index (χ2n) is 15.9. The topological polar surface area (TPSA) is 185 Å².